The lowest BCUT2D eigenvalue weighted by molar-refractivity contribution is 0.205. The van der Waals surface area contributed by atoms with Crippen molar-refractivity contribution in [2.75, 3.05) is 7.11 Å². The van der Waals surface area contributed by atoms with Gasteiger partial charge in [-0.05, 0) is 17.9 Å². The maximum absolute atomic E-state index is 10.4. The number of thiophene rings is 1. The van der Waals surface area contributed by atoms with Gasteiger partial charge in [0.1, 0.15) is 11.8 Å². The minimum atomic E-state index is -0.668. The summed E-state index contributed by atoms with van der Waals surface area (Å²) in [5, 5.41) is 16.6. The molecule has 0 aliphatic rings. The minimum absolute atomic E-state index is 0.638. The van der Waals surface area contributed by atoms with Crippen molar-refractivity contribution in [3.8, 4) is 5.75 Å². The van der Waals surface area contributed by atoms with Crippen molar-refractivity contribution >= 4 is 11.3 Å². The van der Waals surface area contributed by atoms with E-state index in [1.54, 1.807) is 13.3 Å². The van der Waals surface area contributed by atoms with E-state index in [4.69, 9.17) is 4.74 Å². The van der Waals surface area contributed by atoms with E-state index in [9.17, 15) is 5.11 Å². The molecule has 2 aromatic rings. The second-order valence-corrected chi connectivity index (χ2v) is 4.72. The molecular formula is C12H16N2O2S. The molecule has 0 aromatic carbocycles. The number of ether oxygens (including phenoxy) is 1. The Hall–Kier alpha value is -1.33. The van der Waals surface area contributed by atoms with Gasteiger partial charge in [0, 0.05) is 11.4 Å². The Morgan fingerprint density at radius 1 is 1.59 bits per heavy atom. The molecule has 2 rings (SSSR count). The average Bonchev–Trinajstić information content (AvgIpc) is 2.97. The molecule has 0 saturated heterocycles. The third-order valence-electron chi connectivity index (χ3n) is 2.57. The highest BCUT2D eigenvalue weighted by molar-refractivity contribution is 7.10. The van der Waals surface area contributed by atoms with Crippen molar-refractivity contribution < 1.29 is 9.84 Å². The van der Waals surface area contributed by atoms with E-state index in [2.05, 4.69) is 12.0 Å². The molecule has 1 unspecified atom stereocenters. The summed E-state index contributed by atoms with van der Waals surface area (Å²) in [7, 11) is 1.60. The van der Waals surface area contributed by atoms with Gasteiger partial charge in [-0.25, -0.2) is 0 Å². The van der Waals surface area contributed by atoms with Crippen LogP contribution in [0.5, 0.6) is 5.75 Å². The number of rotatable bonds is 5. The van der Waals surface area contributed by atoms with Gasteiger partial charge >= 0.3 is 0 Å². The van der Waals surface area contributed by atoms with Crippen LogP contribution in [0.2, 0.25) is 0 Å². The van der Waals surface area contributed by atoms with Gasteiger partial charge < -0.3 is 9.84 Å². The van der Waals surface area contributed by atoms with Crippen LogP contribution in [0.15, 0.2) is 23.7 Å². The Kier molecular flexibility index (Phi) is 3.81. The highest BCUT2D eigenvalue weighted by Gasteiger charge is 2.21. The monoisotopic (exact) mass is 252 g/mol. The third kappa shape index (κ3) is 2.35. The van der Waals surface area contributed by atoms with Crippen LogP contribution in [0.25, 0.3) is 0 Å². The smallest absolute Gasteiger partial charge is 0.163 e. The van der Waals surface area contributed by atoms with Crippen LogP contribution in [0.4, 0.5) is 0 Å². The third-order valence-corrected chi connectivity index (χ3v) is 3.50. The number of aliphatic hydroxyl groups excluding tert-OH is 1. The lowest BCUT2D eigenvalue weighted by atomic mass is 10.2. The molecule has 0 spiro atoms. The van der Waals surface area contributed by atoms with Crippen LogP contribution >= 0.6 is 11.3 Å². The van der Waals surface area contributed by atoms with Crippen LogP contribution in [-0.2, 0) is 6.54 Å². The molecule has 0 fully saturated rings. The summed E-state index contributed by atoms with van der Waals surface area (Å²) in [5.74, 6) is 0.638. The lowest BCUT2D eigenvalue weighted by Crippen LogP contribution is -2.10. The van der Waals surface area contributed by atoms with E-state index in [0.29, 0.717) is 5.75 Å². The van der Waals surface area contributed by atoms with E-state index in [0.717, 1.165) is 23.5 Å². The molecule has 4 nitrogen and oxygen atoms in total. The SMILES string of the molecule is CCCn1ncc(OC)c1C(O)c1cccs1. The van der Waals surface area contributed by atoms with Crippen molar-refractivity contribution in [3.63, 3.8) is 0 Å². The number of nitrogens with zero attached hydrogens (tertiary/aromatic N) is 2. The standard InChI is InChI=1S/C12H16N2O2S/c1-3-6-14-11(9(16-2)8-13-14)12(15)10-5-4-7-17-10/h4-5,7-8,12,15H,3,6H2,1-2H3. The van der Waals surface area contributed by atoms with Gasteiger partial charge in [0.25, 0.3) is 0 Å². The van der Waals surface area contributed by atoms with Gasteiger partial charge in [-0.2, -0.15) is 5.10 Å². The fourth-order valence-corrected chi connectivity index (χ4v) is 2.49. The van der Waals surface area contributed by atoms with Crippen LogP contribution in [0.1, 0.15) is 30.0 Å². The zero-order chi connectivity index (χ0) is 12.3. The molecule has 92 valence electrons. The zero-order valence-corrected chi connectivity index (χ0v) is 10.8. The van der Waals surface area contributed by atoms with Crippen LogP contribution in [0.3, 0.4) is 0 Å². The number of aromatic nitrogens is 2. The largest absolute Gasteiger partial charge is 0.493 e. The number of aryl methyl sites for hydroxylation is 1. The van der Waals surface area contributed by atoms with Crippen LogP contribution in [0, 0.1) is 0 Å². The number of methoxy groups -OCH3 is 1. The molecule has 17 heavy (non-hydrogen) atoms. The van der Waals surface area contributed by atoms with Crippen molar-refractivity contribution in [1.82, 2.24) is 9.78 Å². The molecule has 5 heteroatoms. The molecule has 0 amide bonds. The van der Waals surface area contributed by atoms with E-state index < -0.39 is 6.10 Å². The maximum atomic E-state index is 10.4. The molecule has 2 heterocycles. The van der Waals surface area contributed by atoms with Crippen LogP contribution < -0.4 is 4.74 Å². The molecule has 1 atom stereocenters. The fourth-order valence-electron chi connectivity index (χ4n) is 1.78. The first-order valence-corrected chi connectivity index (χ1v) is 6.47. The van der Waals surface area contributed by atoms with E-state index in [-0.39, 0.29) is 0 Å². The quantitative estimate of drug-likeness (QED) is 0.889. The first-order chi connectivity index (χ1) is 8.27. The summed E-state index contributed by atoms with van der Waals surface area (Å²) in [5.41, 5.74) is 0.733. The maximum Gasteiger partial charge on any atom is 0.163 e. The Morgan fingerprint density at radius 3 is 3.00 bits per heavy atom. The number of aliphatic hydroxyl groups is 1. The summed E-state index contributed by atoms with van der Waals surface area (Å²) >= 11 is 1.53. The summed E-state index contributed by atoms with van der Waals surface area (Å²) in [6.07, 6.45) is 1.95. The highest BCUT2D eigenvalue weighted by Crippen LogP contribution is 2.32. The molecule has 1 N–H and O–H groups in total. The highest BCUT2D eigenvalue weighted by atomic mass is 32.1. The van der Waals surface area contributed by atoms with Crippen LogP contribution in [-0.4, -0.2) is 22.0 Å². The number of hydrogen-bond donors (Lipinski definition) is 1. The first-order valence-electron chi connectivity index (χ1n) is 5.59. The van der Waals surface area contributed by atoms with E-state index in [1.165, 1.54) is 11.3 Å². The van der Waals surface area contributed by atoms with Crippen molar-refractivity contribution in [3.05, 3.63) is 34.3 Å². The normalized spacial score (nSPS) is 12.6. The predicted molar refractivity (Wildman–Crippen MR) is 67.5 cm³/mol. The molecule has 0 radical (unpaired) electrons. The molecule has 0 aliphatic heterocycles. The Labute approximate surface area is 104 Å². The molecular weight excluding hydrogens is 236 g/mol. The topological polar surface area (TPSA) is 47.3 Å². The Bertz CT molecular complexity index is 465. The van der Waals surface area contributed by atoms with Gasteiger partial charge in [0.05, 0.1) is 13.3 Å². The molecule has 0 bridgehead atoms. The molecule has 2 aromatic heterocycles. The van der Waals surface area contributed by atoms with Gasteiger partial charge in [0.2, 0.25) is 0 Å². The number of hydrogen-bond acceptors (Lipinski definition) is 4. The van der Waals surface area contributed by atoms with Gasteiger partial charge in [-0.3, -0.25) is 4.68 Å². The second kappa shape index (κ2) is 5.33. The van der Waals surface area contributed by atoms with Gasteiger partial charge in [-0.15, -0.1) is 11.3 Å². The van der Waals surface area contributed by atoms with E-state index in [1.807, 2.05) is 22.2 Å². The Balaban J connectivity index is 2.38. The average molecular weight is 252 g/mol. The predicted octanol–water partition coefficient (Wildman–Crippen LogP) is 2.44. The summed E-state index contributed by atoms with van der Waals surface area (Å²) in [6, 6.07) is 3.84. The van der Waals surface area contributed by atoms with Crippen molar-refractivity contribution in [2.45, 2.75) is 26.0 Å². The molecule has 0 aliphatic carbocycles. The fraction of sp³-hybridized carbons (Fsp3) is 0.417. The first kappa shape index (κ1) is 12.1. The zero-order valence-electron chi connectivity index (χ0n) is 9.96. The van der Waals surface area contributed by atoms with Gasteiger partial charge in [0.15, 0.2) is 5.75 Å². The summed E-state index contributed by atoms with van der Waals surface area (Å²) in [6.45, 7) is 2.86. The molecule has 0 saturated carbocycles. The van der Waals surface area contributed by atoms with Crippen molar-refractivity contribution in [2.24, 2.45) is 0 Å². The summed E-state index contributed by atoms with van der Waals surface area (Å²) < 4.78 is 7.06. The van der Waals surface area contributed by atoms with E-state index >= 15 is 0 Å². The lowest BCUT2D eigenvalue weighted by Gasteiger charge is -2.13. The minimum Gasteiger partial charge on any atom is -0.493 e. The Morgan fingerprint density at radius 2 is 2.41 bits per heavy atom. The second-order valence-electron chi connectivity index (χ2n) is 3.74. The summed E-state index contributed by atoms with van der Waals surface area (Å²) in [4.78, 5) is 0.904. The van der Waals surface area contributed by atoms with Gasteiger partial charge in [-0.1, -0.05) is 13.0 Å². The van der Waals surface area contributed by atoms with Crippen molar-refractivity contribution in [1.29, 1.82) is 0 Å².